The summed E-state index contributed by atoms with van der Waals surface area (Å²) in [5, 5.41) is 13.7. The molecule has 3 fully saturated rings. The van der Waals surface area contributed by atoms with E-state index in [0.717, 1.165) is 38.1 Å². The Kier molecular flexibility index (Phi) is 2.80. The maximum absolute atomic E-state index is 12.2. The molecule has 20 heavy (non-hydrogen) atoms. The molecular formula is C14H21N5O. The van der Waals surface area contributed by atoms with Crippen LogP contribution >= 0.6 is 0 Å². The average molecular weight is 275 g/mol. The van der Waals surface area contributed by atoms with E-state index in [1.165, 1.54) is 19.3 Å². The minimum atomic E-state index is -0.130. The molecule has 1 aromatic heterocycles. The third-order valence-electron chi connectivity index (χ3n) is 4.95. The Morgan fingerprint density at radius 2 is 2.15 bits per heavy atom. The topological polar surface area (TPSA) is 82.7 Å². The fourth-order valence-corrected chi connectivity index (χ4v) is 3.43. The molecule has 1 aromatic rings. The highest BCUT2D eigenvalue weighted by Gasteiger charge is 2.41. The first-order chi connectivity index (χ1) is 9.74. The molecule has 108 valence electrons. The van der Waals surface area contributed by atoms with E-state index in [4.69, 9.17) is 0 Å². The Hall–Kier alpha value is -1.43. The summed E-state index contributed by atoms with van der Waals surface area (Å²) in [4.78, 5) is 16.5. The van der Waals surface area contributed by atoms with Crippen molar-refractivity contribution in [3.05, 3.63) is 11.6 Å². The van der Waals surface area contributed by atoms with Crippen molar-refractivity contribution in [3.63, 3.8) is 0 Å². The molecule has 0 aromatic carbocycles. The smallest absolute Gasteiger partial charge is 0.291 e. The molecular weight excluding hydrogens is 254 g/mol. The van der Waals surface area contributed by atoms with Crippen LogP contribution in [0.5, 0.6) is 0 Å². The Balaban J connectivity index is 1.38. The first kappa shape index (κ1) is 12.3. The maximum atomic E-state index is 12.2. The number of aromatic nitrogens is 3. The van der Waals surface area contributed by atoms with Gasteiger partial charge in [-0.3, -0.25) is 9.89 Å². The van der Waals surface area contributed by atoms with Crippen molar-refractivity contribution in [2.45, 2.75) is 62.4 Å². The van der Waals surface area contributed by atoms with Gasteiger partial charge in [0.2, 0.25) is 5.82 Å². The first-order valence-electron chi connectivity index (χ1n) is 7.72. The summed E-state index contributed by atoms with van der Waals surface area (Å²) < 4.78 is 0. The zero-order chi connectivity index (χ0) is 13.6. The second-order valence-corrected chi connectivity index (χ2v) is 6.54. The van der Waals surface area contributed by atoms with Crippen LogP contribution in [-0.4, -0.2) is 39.2 Å². The molecule has 6 nitrogen and oxygen atoms in total. The zero-order valence-electron chi connectivity index (χ0n) is 11.6. The van der Waals surface area contributed by atoms with Gasteiger partial charge in [0.15, 0.2) is 0 Å². The molecule has 1 aliphatic heterocycles. The van der Waals surface area contributed by atoms with Gasteiger partial charge in [-0.1, -0.05) is 0 Å². The van der Waals surface area contributed by atoms with E-state index < -0.39 is 0 Å². The highest BCUT2D eigenvalue weighted by atomic mass is 16.2. The van der Waals surface area contributed by atoms with Crippen LogP contribution in [0.25, 0.3) is 0 Å². The fraction of sp³-hybridized carbons (Fsp3) is 0.786. The third-order valence-corrected chi connectivity index (χ3v) is 4.95. The SMILES string of the molecule is O=C(NC1CCNC2(CCC2)C1)c1n[nH]c(C2CC2)n1. The number of carbonyl (C=O) groups excluding carboxylic acids is 1. The number of piperidine rings is 1. The second kappa shape index (κ2) is 4.55. The van der Waals surface area contributed by atoms with Gasteiger partial charge in [0.05, 0.1) is 0 Å². The number of hydrogen-bond acceptors (Lipinski definition) is 4. The average Bonchev–Trinajstić information content (AvgIpc) is 3.15. The van der Waals surface area contributed by atoms with Crippen molar-refractivity contribution in [2.24, 2.45) is 0 Å². The van der Waals surface area contributed by atoms with E-state index in [1.54, 1.807) is 0 Å². The highest BCUT2D eigenvalue weighted by molar-refractivity contribution is 5.90. The third kappa shape index (κ3) is 2.22. The summed E-state index contributed by atoms with van der Waals surface area (Å²) in [6, 6.07) is 0.256. The quantitative estimate of drug-likeness (QED) is 0.771. The molecule has 1 unspecified atom stereocenters. The number of nitrogens with one attached hydrogen (secondary N) is 3. The van der Waals surface area contributed by atoms with Crippen LogP contribution < -0.4 is 10.6 Å². The summed E-state index contributed by atoms with van der Waals surface area (Å²) in [7, 11) is 0. The van der Waals surface area contributed by atoms with Crippen LogP contribution in [0, 0.1) is 0 Å². The minimum Gasteiger partial charge on any atom is -0.346 e. The van der Waals surface area contributed by atoms with Crippen LogP contribution in [0.4, 0.5) is 0 Å². The number of aromatic amines is 1. The van der Waals surface area contributed by atoms with Crippen LogP contribution in [0.15, 0.2) is 0 Å². The van der Waals surface area contributed by atoms with Crippen molar-refractivity contribution in [2.75, 3.05) is 6.54 Å². The molecule has 1 saturated heterocycles. The lowest BCUT2D eigenvalue weighted by Crippen LogP contribution is -2.59. The summed E-state index contributed by atoms with van der Waals surface area (Å²) in [5.41, 5.74) is 0.300. The van der Waals surface area contributed by atoms with Crippen molar-refractivity contribution < 1.29 is 4.79 Å². The highest BCUT2D eigenvalue weighted by Crippen LogP contribution is 2.39. The number of H-pyrrole nitrogens is 1. The van der Waals surface area contributed by atoms with Crippen molar-refractivity contribution >= 4 is 5.91 Å². The van der Waals surface area contributed by atoms with E-state index in [2.05, 4.69) is 25.8 Å². The minimum absolute atomic E-state index is 0.130. The Labute approximate surface area is 118 Å². The van der Waals surface area contributed by atoms with Gasteiger partial charge in [0.1, 0.15) is 5.82 Å². The van der Waals surface area contributed by atoms with Gasteiger partial charge in [-0.25, -0.2) is 4.98 Å². The van der Waals surface area contributed by atoms with Crippen molar-refractivity contribution in [1.29, 1.82) is 0 Å². The fourth-order valence-electron chi connectivity index (χ4n) is 3.43. The monoisotopic (exact) mass is 275 g/mol. The van der Waals surface area contributed by atoms with E-state index >= 15 is 0 Å². The van der Waals surface area contributed by atoms with Gasteiger partial charge in [0, 0.05) is 17.5 Å². The zero-order valence-corrected chi connectivity index (χ0v) is 11.6. The molecule has 2 heterocycles. The molecule has 3 aliphatic rings. The maximum Gasteiger partial charge on any atom is 0.291 e. The van der Waals surface area contributed by atoms with E-state index in [1.807, 2.05) is 0 Å². The molecule has 0 bridgehead atoms. The molecule has 3 N–H and O–H groups in total. The molecule has 1 amide bonds. The summed E-state index contributed by atoms with van der Waals surface area (Å²) in [6.45, 7) is 0.992. The normalized spacial score (nSPS) is 28.1. The molecule has 1 spiro atoms. The lowest BCUT2D eigenvalue weighted by atomic mass is 9.70. The van der Waals surface area contributed by atoms with Crippen molar-refractivity contribution in [3.8, 4) is 0 Å². The van der Waals surface area contributed by atoms with Gasteiger partial charge in [-0.15, -0.1) is 5.10 Å². The van der Waals surface area contributed by atoms with Gasteiger partial charge < -0.3 is 10.6 Å². The Bertz CT molecular complexity index is 517. The summed E-state index contributed by atoms with van der Waals surface area (Å²) in [6.07, 6.45) is 8.14. The molecule has 2 saturated carbocycles. The Morgan fingerprint density at radius 3 is 2.85 bits per heavy atom. The lowest BCUT2D eigenvalue weighted by Gasteiger charge is -2.48. The summed E-state index contributed by atoms with van der Waals surface area (Å²) in [5.74, 6) is 1.54. The number of amides is 1. The van der Waals surface area contributed by atoms with Gasteiger partial charge in [-0.05, 0) is 51.5 Å². The molecule has 4 rings (SSSR count). The van der Waals surface area contributed by atoms with Crippen molar-refractivity contribution in [1.82, 2.24) is 25.8 Å². The van der Waals surface area contributed by atoms with Crippen LogP contribution in [0.1, 0.15) is 67.3 Å². The van der Waals surface area contributed by atoms with Gasteiger partial charge in [-0.2, -0.15) is 0 Å². The van der Waals surface area contributed by atoms with Gasteiger partial charge in [0.25, 0.3) is 5.91 Å². The number of carbonyl (C=O) groups is 1. The first-order valence-corrected chi connectivity index (χ1v) is 7.72. The number of rotatable bonds is 3. The molecule has 0 radical (unpaired) electrons. The number of nitrogens with zero attached hydrogens (tertiary/aromatic N) is 2. The molecule has 1 atom stereocenters. The second-order valence-electron chi connectivity index (χ2n) is 6.54. The summed E-state index contributed by atoms with van der Waals surface area (Å²) >= 11 is 0. The van der Waals surface area contributed by atoms with E-state index in [9.17, 15) is 4.79 Å². The molecule has 6 heteroatoms. The largest absolute Gasteiger partial charge is 0.346 e. The Morgan fingerprint density at radius 1 is 1.30 bits per heavy atom. The van der Waals surface area contributed by atoms with Crippen LogP contribution in [0.2, 0.25) is 0 Å². The number of hydrogen-bond donors (Lipinski definition) is 3. The standard InChI is InChI=1S/C14H21N5O/c20-13(12-17-11(18-19-12)9-2-3-9)16-10-4-7-15-14(8-10)5-1-6-14/h9-10,15H,1-8H2,(H,16,20)(H,17,18,19). The predicted molar refractivity (Wildman–Crippen MR) is 73.4 cm³/mol. The van der Waals surface area contributed by atoms with E-state index in [0.29, 0.717) is 17.3 Å². The van der Waals surface area contributed by atoms with Gasteiger partial charge >= 0.3 is 0 Å². The molecule has 2 aliphatic carbocycles. The lowest BCUT2D eigenvalue weighted by molar-refractivity contribution is 0.0844. The van der Waals surface area contributed by atoms with Crippen LogP contribution in [-0.2, 0) is 0 Å². The van der Waals surface area contributed by atoms with Crippen LogP contribution in [0.3, 0.4) is 0 Å². The van der Waals surface area contributed by atoms with E-state index in [-0.39, 0.29) is 11.9 Å². The predicted octanol–water partition coefficient (Wildman–Crippen LogP) is 1.09.